The number of esters is 1. The van der Waals surface area contributed by atoms with Gasteiger partial charge in [-0.05, 0) is 42.5 Å². The van der Waals surface area contributed by atoms with E-state index in [9.17, 15) is 9.59 Å². The van der Waals surface area contributed by atoms with Gasteiger partial charge in [0.05, 0.1) is 18.1 Å². The number of ketones is 1. The molecule has 0 saturated heterocycles. The van der Waals surface area contributed by atoms with Crippen molar-refractivity contribution >= 4 is 28.2 Å². The summed E-state index contributed by atoms with van der Waals surface area (Å²) in [4.78, 5) is 31.0. The third-order valence-corrected chi connectivity index (χ3v) is 6.10. The fourth-order valence-corrected chi connectivity index (χ4v) is 4.76. The molecule has 1 fully saturated rings. The molecule has 1 aliphatic carbocycles. The first-order valence-electron chi connectivity index (χ1n) is 11.1. The molecule has 162 valence electrons. The fourth-order valence-electron chi connectivity index (χ4n) is 4.76. The molecular formula is C26H29NO4. The van der Waals surface area contributed by atoms with Crippen molar-refractivity contribution in [2.75, 3.05) is 19.8 Å². The van der Waals surface area contributed by atoms with Crippen LogP contribution in [0.4, 0.5) is 0 Å². The zero-order chi connectivity index (χ0) is 21.8. The van der Waals surface area contributed by atoms with E-state index in [-0.39, 0.29) is 18.3 Å². The Bertz CT molecular complexity index is 1050. The van der Waals surface area contributed by atoms with E-state index in [1.807, 2.05) is 38.1 Å². The zero-order valence-electron chi connectivity index (χ0n) is 18.2. The van der Waals surface area contributed by atoms with Gasteiger partial charge in [0.1, 0.15) is 12.4 Å². The molecule has 31 heavy (non-hydrogen) atoms. The number of benzene rings is 2. The van der Waals surface area contributed by atoms with Crippen LogP contribution >= 0.6 is 0 Å². The Morgan fingerprint density at radius 1 is 1.03 bits per heavy atom. The van der Waals surface area contributed by atoms with Crippen LogP contribution in [0, 0.1) is 5.92 Å². The highest BCUT2D eigenvalue weighted by Crippen LogP contribution is 2.45. The van der Waals surface area contributed by atoms with Crippen molar-refractivity contribution in [1.29, 1.82) is 0 Å². The minimum atomic E-state index is -0.406. The minimum absolute atomic E-state index is 0.159. The summed E-state index contributed by atoms with van der Waals surface area (Å²) in [5.41, 5.74) is 3.03. The quantitative estimate of drug-likeness (QED) is 0.468. The van der Waals surface area contributed by atoms with Crippen molar-refractivity contribution < 1.29 is 19.1 Å². The Kier molecular flexibility index (Phi) is 6.62. The number of hydrogen-bond donors (Lipinski definition) is 0. The predicted molar refractivity (Wildman–Crippen MR) is 121 cm³/mol. The van der Waals surface area contributed by atoms with Crippen LogP contribution in [0.25, 0.3) is 10.8 Å². The fraction of sp³-hybridized carbons (Fsp3) is 0.423. The Labute approximate surface area is 183 Å². The van der Waals surface area contributed by atoms with Crippen molar-refractivity contribution in [3.05, 3.63) is 59.3 Å². The van der Waals surface area contributed by atoms with Gasteiger partial charge >= 0.3 is 5.97 Å². The van der Waals surface area contributed by atoms with Gasteiger partial charge in [0.15, 0.2) is 0 Å². The highest BCUT2D eigenvalue weighted by Gasteiger charge is 2.44. The number of nitrogens with zero attached hydrogens (tertiary/aromatic N) is 1. The maximum Gasteiger partial charge on any atom is 0.336 e. The number of hydrogen-bond acceptors (Lipinski definition) is 5. The monoisotopic (exact) mass is 419 g/mol. The van der Waals surface area contributed by atoms with Crippen LogP contribution in [0.1, 0.15) is 51.0 Å². The summed E-state index contributed by atoms with van der Waals surface area (Å²) >= 11 is 0. The third-order valence-electron chi connectivity index (χ3n) is 6.10. The second kappa shape index (κ2) is 9.56. The van der Waals surface area contributed by atoms with Crippen LogP contribution in [0.15, 0.2) is 58.7 Å². The number of allylic oxidation sites excluding steroid dienone is 1. The molecule has 0 spiro atoms. The van der Waals surface area contributed by atoms with Gasteiger partial charge < -0.3 is 9.47 Å². The maximum atomic E-state index is 13.2. The van der Waals surface area contributed by atoms with Crippen LogP contribution in [0.3, 0.4) is 0 Å². The molecule has 0 unspecified atom stereocenters. The smallest absolute Gasteiger partial charge is 0.336 e. The molecule has 2 aromatic rings. The Morgan fingerprint density at radius 2 is 1.84 bits per heavy atom. The first-order chi connectivity index (χ1) is 15.1. The lowest BCUT2D eigenvalue weighted by Gasteiger charge is -2.36. The molecule has 0 radical (unpaired) electrons. The zero-order valence-corrected chi connectivity index (χ0v) is 18.2. The van der Waals surface area contributed by atoms with Gasteiger partial charge in [0.25, 0.3) is 0 Å². The van der Waals surface area contributed by atoms with Crippen molar-refractivity contribution in [1.82, 2.24) is 0 Å². The first kappa shape index (κ1) is 21.4. The molecule has 0 aromatic heterocycles. The molecule has 2 aromatic carbocycles. The Hall–Kier alpha value is -2.79. The van der Waals surface area contributed by atoms with Gasteiger partial charge in [-0.1, -0.05) is 49.4 Å². The summed E-state index contributed by atoms with van der Waals surface area (Å²) in [6.45, 7) is 5.08. The van der Waals surface area contributed by atoms with E-state index in [1.54, 1.807) is 0 Å². The summed E-state index contributed by atoms with van der Waals surface area (Å²) in [5, 5.41) is 2.14. The highest BCUT2D eigenvalue weighted by molar-refractivity contribution is 6.12. The molecule has 0 amide bonds. The van der Waals surface area contributed by atoms with Crippen LogP contribution in [0.5, 0.6) is 0 Å². The third kappa shape index (κ3) is 4.33. The molecule has 1 saturated carbocycles. The summed E-state index contributed by atoms with van der Waals surface area (Å²) in [6.07, 6.45) is 3.06. The van der Waals surface area contributed by atoms with E-state index in [0.717, 1.165) is 41.3 Å². The van der Waals surface area contributed by atoms with E-state index in [2.05, 4.69) is 18.2 Å². The molecule has 0 N–H and O–H groups in total. The van der Waals surface area contributed by atoms with Crippen molar-refractivity contribution in [2.24, 2.45) is 10.9 Å². The Morgan fingerprint density at radius 3 is 2.68 bits per heavy atom. The van der Waals surface area contributed by atoms with Gasteiger partial charge in [-0.2, -0.15) is 0 Å². The minimum Gasteiger partial charge on any atom is -0.460 e. The van der Waals surface area contributed by atoms with E-state index < -0.39 is 11.9 Å². The SMILES string of the molecule is CCCOCCOC(=O)C1=C(C)N=C2CCCC(=O)[C@H]2[C@@H]1c1cccc2ccccc12. The second-order valence-electron chi connectivity index (χ2n) is 8.19. The molecule has 2 atom stereocenters. The highest BCUT2D eigenvalue weighted by atomic mass is 16.6. The van der Waals surface area contributed by atoms with Crippen LogP contribution in [-0.2, 0) is 19.1 Å². The van der Waals surface area contributed by atoms with Crippen molar-refractivity contribution in [3.63, 3.8) is 0 Å². The van der Waals surface area contributed by atoms with Gasteiger partial charge in [0, 0.05) is 30.4 Å². The van der Waals surface area contributed by atoms with Gasteiger partial charge in [0.2, 0.25) is 0 Å². The molecular weight excluding hydrogens is 390 g/mol. The van der Waals surface area contributed by atoms with Crippen LogP contribution in [-0.4, -0.2) is 37.3 Å². The Balaban J connectivity index is 1.75. The van der Waals surface area contributed by atoms with E-state index >= 15 is 0 Å². The van der Waals surface area contributed by atoms with Crippen molar-refractivity contribution in [2.45, 2.75) is 45.4 Å². The van der Waals surface area contributed by atoms with E-state index in [1.165, 1.54) is 0 Å². The lowest BCUT2D eigenvalue weighted by molar-refractivity contribution is -0.141. The number of rotatable bonds is 7. The van der Waals surface area contributed by atoms with E-state index in [0.29, 0.717) is 30.9 Å². The molecule has 5 heteroatoms. The predicted octanol–water partition coefficient (Wildman–Crippen LogP) is 4.99. The second-order valence-corrected chi connectivity index (χ2v) is 8.19. The topological polar surface area (TPSA) is 65.0 Å². The summed E-state index contributed by atoms with van der Waals surface area (Å²) in [5.74, 6) is -1.03. The first-order valence-corrected chi connectivity index (χ1v) is 11.1. The molecule has 1 heterocycles. The normalized spacial score (nSPS) is 21.1. The molecule has 5 nitrogen and oxygen atoms in total. The van der Waals surface area contributed by atoms with Gasteiger partial charge in [-0.15, -0.1) is 0 Å². The van der Waals surface area contributed by atoms with E-state index in [4.69, 9.17) is 14.5 Å². The van der Waals surface area contributed by atoms with Gasteiger partial charge in [-0.25, -0.2) is 4.79 Å². The maximum absolute atomic E-state index is 13.2. The average molecular weight is 420 g/mol. The number of Topliss-reactive ketones (excluding diaryl/α,β-unsaturated/α-hetero) is 1. The molecule has 1 aliphatic heterocycles. The van der Waals surface area contributed by atoms with Gasteiger partial charge in [-0.3, -0.25) is 9.79 Å². The van der Waals surface area contributed by atoms with Crippen LogP contribution in [0.2, 0.25) is 0 Å². The number of carbonyl (C=O) groups excluding carboxylic acids is 2. The largest absolute Gasteiger partial charge is 0.460 e. The van der Waals surface area contributed by atoms with Crippen LogP contribution < -0.4 is 0 Å². The lowest BCUT2D eigenvalue weighted by Crippen LogP contribution is -2.39. The number of fused-ring (bicyclic) bond motifs is 2. The standard InChI is InChI=1S/C26H29NO4/c1-3-14-30-15-16-31-26(29)23-17(2)27-21-12-7-13-22(28)25(21)24(23)20-11-6-9-18-8-4-5-10-19(18)20/h4-6,8-11,24-25H,3,7,12-16H2,1-2H3/t24-,25+/m1/s1. The molecule has 2 aliphatic rings. The van der Waals surface area contributed by atoms with Crippen molar-refractivity contribution in [3.8, 4) is 0 Å². The number of ether oxygens (including phenoxy) is 2. The summed E-state index contributed by atoms with van der Waals surface area (Å²) in [6, 6.07) is 14.2. The molecule has 4 rings (SSSR count). The lowest BCUT2D eigenvalue weighted by atomic mass is 9.69. The number of carbonyl (C=O) groups is 2. The number of aliphatic imine (C=N–C) groups is 1. The summed E-state index contributed by atoms with van der Waals surface area (Å²) < 4.78 is 11.0. The molecule has 0 bridgehead atoms. The average Bonchev–Trinajstić information content (AvgIpc) is 2.77. The summed E-state index contributed by atoms with van der Waals surface area (Å²) in [7, 11) is 0.